The van der Waals surface area contributed by atoms with E-state index in [-0.39, 0.29) is 11.7 Å². The van der Waals surface area contributed by atoms with Crippen LogP contribution in [0.3, 0.4) is 0 Å². The van der Waals surface area contributed by atoms with Crippen LogP contribution in [0.15, 0.2) is 18.2 Å². The molecule has 0 saturated carbocycles. The van der Waals surface area contributed by atoms with Crippen molar-refractivity contribution in [2.24, 2.45) is 0 Å². The second kappa shape index (κ2) is 4.96. The molecular formula is C13H17FO. The molecule has 1 aromatic rings. The number of benzene rings is 1. The lowest BCUT2D eigenvalue weighted by molar-refractivity contribution is 0.406. The van der Waals surface area contributed by atoms with Crippen molar-refractivity contribution >= 4 is 6.08 Å². The Morgan fingerprint density at radius 3 is 2.47 bits per heavy atom. The van der Waals surface area contributed by atoms with Crippen LogP contribution < -0.4 is 4.74 Å². The first-order chi connectivity index (χ1) is 7.11. The lowest BCUT2D eigenvalue weighted by Crippen LogP contribution is -2.00. The summed E-state index contributed by atoms with van der Waals surface area (Å²) in [6.45, 7) is 5.94. The Hall–Kier alpha value is -1.31. The van der Waals surface area contributed by atoms with Crippen molar-refractivity contribution in [2.45, 2.75) is 26.7 Å². The van der Waals surface area contributed by atoms with Crippen LogP contribution in [0.4, 0.5) is 4.39 Å². The lowest BCUT2D eigenvalue weighted by Gasteiger charge is -2.15. The Labute approximate surface area is 90.6 Å². The van der Waals surface area contributed by atoms with Crippen molar-refractivity contribution in [3.63, 3.8) is 0 Å². The molecule has 0 aromatic heterocycles. The molecule has 0 N–H and O–H groups in total. The Kier molecular flexibility index (Phi) is 3.89. The molecule has 82 valence electrons. The molecule has 0 radical (unpaired) electrons. The van der Waals surface area contributed by atoms with Gasteiger partial charge in [-0.05, 0) is 25.0 Å². The predicted molar refractivity (Wildman–Crippen MR) is 61.7 cm³/mol. The lowest BCUT2D eigenvalue weighted by atomic mass is 9.95. The zero-order valence-corrected chi connectivity index (χ0v) is 9.67. The van der Waals surface area contributed by atoms with Crippen molar-refractivity contribution in [3.8, 4) is 5.75 Å². The summed E-state index contributed by atoms with van der Waals surface area (Å²) in [4.78, 5) is 0. The molecule has 0 unspecified atom stereocenters. The van der Waals surface area contributed by atoms with Crippen molar-refractivity contribution in [3.05, 3.63) is 35.2 Å². The van der Waals surface area contributed by atoms with Crippen molar-refractivity contribution in [1.82, 2.24) is 0 Å². The molecule has 1 aromatic carbocycles. The summed E-state index contributed by atoms with van der Waals surface area (Å²) in [5.41, 5.74) is 1.56. The van der Waals surface area contributed by atoms with Crippen LogP contribution in [0.5, 0.6) is 5.75 Å². The van der Waals surface area contributed by atoms with Crippen LogP contribution in [0, 0.1) is 5.82 Å². The molecule has 0 bridgehead atoms. The molecule has 0 heterocycles. The van der Waals surface area contributed by atoms with Crippen LogP contribution in [-0.2, 0) is 0 Å². The predicted octanol–water partition coefficient (Wildman–Crippen LogP) is 3.99. The number of rotatable bonds is 3. The summed E-state index contributed by atoms with van der Waals surface area (Å²) in [5, 5.41) is 0. The number of allylic oxidation sites excluding steroid dienone is 1. The van der Waals surface area contributed by atoms with Gasteiger partial charge in [0, 0.05) is 11.1 Å². The Morgan fingerprint density at radius 2 is 2.00 bits per heavy atom. The van der Waals surface area contributed by atoms with Gasteiger partial charge in [0.2, 0.25) is 0 Å². The fraction of sp³-hybridized carbons (Fsp3) is 0.385. The van der Waals surface area contributed by atoms with Gasteiger partial charge in [-0.2, -0.15) is 0 Å². The minimum Gasteiger partial charge on any atom is -0.496 e. The van der Waals surface area contributed by atoms with Gasteiger partial charge in [0.15, 0.2) is 0 Å². The molecule has 0 aliphatic rings. The second-order valence-electron chi connectivity index (χ2n) is 3.73. The molecule has 15 heavy (non-hydrogen) atoms. The Bertz CT molecular complexity index is 367. The summed E-state index contributed by atoms with van der Waals surface area (Å²) in [6, 6.07) is 3.12. The standard InChI is InChI=1S/C13H17FO/c1-5-6-10-11(14)7-8-12(15-4)13(10)9(2)3/h5-9H,1-4H3. The van der Waals surface area contributed by atoms with E-state index in [0.29, 0.717) is 5.56 Å². The van der Waals surface area contributed by atoms with E-state index >= 15 is 0 Å². The molecule has 1 nitrogen and oxygen atoms in total. The van der Waals surface area contributed by atoms with Gasteiger partial charge in [0.05, 0.1) is 7.11 Å². The van der Waals surface area contributed by atoms with Gasteiger partial charge in [0.1, 0.15) is 11.6 Å². The largest absolute Gasteiger partial charge is 0.496 e. The third-order valence-corrected chi connectivity index (χ3v) is 2.32. The van der Waals surface area contributed by atoms with Crippen LogP contribution in [0.25, 0.3) is 6.08 Å². The average molecular weight is 208 g/mol. The van der Waals surface area contributed by atoms with E-state index in [1.165, 1.54) is 6.07 Å². The molecule has 0 aliphatic heterocycles. The molecule has 0 spiro atoms. The summed E-state index contributed by atoms with van der Waals surface area (Å²) < 4.78 is 18.9. The van der Waals surface area contributed by atoms with E-state index in [1.54, 1.807) is 19.3 Å². The number of halogens is 1. The van der Waals surface area contributed by atoms with E-state index in [9.17, 15) is 4.39 Å². The molecule has 0 fully saturated rings. The average Bonchev–Trinajstić information content (AvgIpc) is 2.20. The Balaban J connectivity index is 3.43. The SMILES string of the molecule is CC=Cc1c(F)ccc(OC)c1C(C)C. The second-order valence-corrected chi connectivity index (χ2v) is 3.73. The number of hydrogen-bond acceptors (Lipinski definition) is 1. The maximum absolute atomic E-state index is 13.6. The van der Waals surface area contributed by atoms with E-state index in [1.807, 2.05) is 26.8 Å². The van der Waals surface area contributed by atoms with Gasteiger partial charge in [-0.1, -0.05) is 26.0 Å². The van der Waals surface area contributed by atoms with Crippen molar-refractivity contribution < 1.29 is 9.13 Å². The highest BCUT2D eigenvalue weighted by atomic mass is 19.1. The molecule has 2 heteroatoms. The fourth-order valence-corrected chi connectivity index (χ4v) is 1.70. The van der Waals surface area contributed by atoms with Gasteiger partial charge in [-0.25, -0.2) is 4.39 Å². The summed E-state index contributed by atoms with van der Waals surface area (Å²) in [7, 11) is 1.61. The third-order valence-electron chi connectivity index (χ3n) is 2.32. The van der Waals surface area contributed by atoms with Gasteiger partial charge in [-0.3, -0.25) is 0 Å². The maximum Gasteiger partial charge on any atom is 0.130 e. The zero-order chi connectivity index (χ0) is 11.4. The highest BCUT2D eigenvalue weighted by Crippen LogP contribution is 2.32. The molecule has 0 aliphatic carbocycles. The monoisotopic (exact) mass is 208 g/mol. The van der Waals surface area contributed by atoms with Crippen LogP contribution in [0.2, 0.25) is 0 Å². The van der Waals surface area contributed by atoms with E-state index in [0.717, 1.165) is 11.3 Å². The minimum absolute atomic E-state index is 0.197. The summed E-state index contributed by atoms with van der Waals surface area (Å²) in [6.07, 6.45) is 3.62. The maximum atomic E-state index is 13.6. The first-order valence-electron chi connectivity index (χ1n) is 5.10. The van der Waals surface area contributed by atoms with Gasteiger partial charge >= 0.3 is 0 Å². The number of hydrogen-bond donors (Lipinski definition) is 0. The van der Waals surface area contributed by atoms with Gasteiger partial charge < -0.3 is 4.74 Å². The summed E-state index contributed by atoms with van der Waals surface area (Å²) in [5.74, 6) is 0.791. The topological polar surface area (TPSA) is 9.23 Å². The van der Waals surface area contributed by atoms with E-state index < -0.39 is 0 Å². The fourth-order valence-electron chi connectivity index (χ4n) is 1.70. The van der Waals surface area contributed by atoms with Crippen molar-refractivity contribution in [1.29, 1.82) is 0 Å². The third kappa shape index (κ3) is 2.38. The number of ether oxygens (including phenoxy) is 1. The molecule has 0 amide bonds. The first kappa shape index (κ1) is 11.8. The van der Waals surface area contributed by atoms with Crippen molar-refractivity contribution in [2.75, 3.05) is 7.11 Å². The van der Waals surface area contributed by atoms with E-state index in [4.69, 9.17) is 4.74 Å². The van der Waals surface area contributed by atoms with Gasteiger partial charge in [-0.15, -0.1) is 0 Å². The zero-order valence-electron chi connectivity index (χ0n) is 9.67. The quantitative estimate of drug-likeness (QED) is 0.729. The molecular weight excluding hydrogens is 191 g/mol. The Morgan fingerprint density at radius 1 is 1.33 bits per heavy atom. The normalized spacial score (nSPS) is 11.3. The molecule has 1 rings (SSSR count). The smallest absolute Gasteiger partial charge is 0.130 e. The molecule has 0 atom stereocenters. The highest BCUT2D eigenvalue weighted by Gasteiger charge is 2.14. The van der Waals surface area contributed by atoms with Crippen LogP contribution >= 0.6 is 0 Å². The summed E-state index contributed by atoms with van der Waals surface area (Å²) >= 11 is 0. The highest BCUT2D eigenvalue weighted by molar-refractivity contribution is 5.59. The van der Waals surface area contributed by atoms with Crippen LogP contribution in [-0.4, -0.2) is 7.11 Å². The minimum atomic E-state index is -0.197. The van der Waals surface area contributed by atoms with Gasteiger partial charge in [0.25, 0.3) is 0 Å². The van der Waals surface area contributed by atoms with E-state index in [2.05, 4.69) is 0 Å². The first-order valence-corrected chi connectivity index (χ1v) is 5.10. The van der Waals surface area contributed by atoms with Crippen LogP contribution in [0.1, 0.15) is 37.8 Å². The molecule has 0 saturated heterocycles. The number of methoxy groups -OCH3 is 1.